The molecular formula is C80H79BN2O. The van der Waals surface area contributed by atoms with Gasteiger partial charge in [-0.15, -0.1) is 0 Å². The zero-order valence-electron chi connectivity index (χ0n) is 51.6. The third kappa shape index (κ3) is 7.06. The summed E-state index contributed by atoms with van der Waals surface area (Å²) >= 11 is 0. The molecule has 0 amide bonds. The van der Waals surface area contributed by atoms with Crippen LogP contribution in [0.15, 0.2) is 174 Å². The maximum Gasteiger partial charge on any atom is 0.252 e. The molecule has 9 aromatic carbocycles. The molecule has 1 fully saturated rings. The fourth-order valence-corrected chi connectivity index (χ4v) is 17.7. The van der Waals surface area contributed by atoms with Gasteiger partial charge in [-0.25, -0.2) is 0 Å². The second-order valence-electron chi connectivity index (χ2n) is 29.7. The lowest BCUT2D eigenvalue weighted by atomic mass is 9.33. The van der Waals surface area contributed by atoms with Crippen LogP contribution in [0.3, 0.4) is 0 Å². The van der Waals surface area contributed by atoms with Gasteiger partial charge in [0.2, 0.25) is 0 Å². The van der Waals surface area contributed by atoms with Gasteiger partial charge in [0.25, 0.3) is 6.71 Å². The minimum absolute atomic E-state index is 0.0388. The average molecular weight is 1100 g/mol. The molecule has 0 spiro atoms. The monoisotopic (exact) mass is 1090 g/mol. The van der Waals surface area contributed by atoms with E-state index in [4.69, 9.17) is 4.42 Å². The quantitative estimate of drug-likeness (QED) is 0.164. The van der Waals surface area contributed by atoms with Crippen molar-refractivity contribution in [2.45, 2.75) is 166 Å². The standard InChI is InChI=1S/C80H79BN2O/c1-75(2)39-40-76(3,4)61-47-71-54(44-60(61)75)53-36-38-65-73(74(53)84-71)83(67-34-24-19-29-52(67)49-27-17-14-18-28-49)70-42-50(48-25-15-13-16-26-48)41-69-72(70)81(65)66-45-63-64(80(11,12)58-33-23-22-32-57(58)79(63,9)10)46-68(66)82(69)51-35-37-59-62(43-51)78(7,8)56-31-21-20-30-55(56)77(59,5)6/h14,17-24,27-38,41-48H,13,15-16,25-26,39-40H2,1-12H3. The topological polar surface area (TPSA) is 19.6 Å². The molecule has 0 unspecified atom stereocenters. The lowest BCUT2D eigenvalue weighted by molar-refractivity contribution is 0.332. The highest BCUT2D eigenvalue weighted by Crippen LogP contribution is 2.57. The maximum absolute atomic E-state index is 7.71. The molecule has 0 saturated heterocycles. The summed E-state index contributed by atoms with van der Waals surface area (Å²) in [6.07, 6.45) is 8.50. The molecule has 10 aromatic rings. The SMILES string of the molecule is CC1(C)CCC(C)(C)c2cc3c(cc21)oc1c2c(ccc13)B1c3cc4c(cc3N(c3ccc5c(c3)C(C)(C)c3ccccc3C5(C)C)c3cc(C5CCCCC5)cc(c31)N2c1ccccc1-c1ccccc1)C(C)(C)c1ccccc1C4(C)C. The first-order valence-corrected chi connectivity index (χ1v) is 31.7. The normalized spacial score (nSPS) is 19.5. The molecular weight excluding hydrogens is 1020 g/mol. The number of nitrogens with zero attached hydrogens (tertiary/aromatic N) is 2. The molecule has 3 nitrogen and oxygen atoms in total. The smallest absolute Gasteiger partial charge is 0.252 e. The first-order chi connectivity index (χ1) is 40.2. The van der Waals surface area contributed by atoms with E-state index in [9.17, 15) is 0 Å². The fourth-order valence-electron chi connectivity index (χ4n) is 17.7. The fraction of sp³-hybridized carbons (Fsp3) is 0.325. The molecule has 418 valence electrons. The van der Waals surface area contributed by atoms with Gasteiger partial charge >= 0.3 is 0 Å². The van der Waals surface area contributed by atoms with Crippen molar-refractivity contribution in [3.8, 4) is 11.1 Å². The van der Waals surface area contributed by atoms with Crippen LogP contribution in [0.1, 0.15) is 195 Å². The first-order valence-electron chi connectivity index (χ1n) is 31.7. The lowest BCUT2D eigenvalue weighted by Gasteiger charge is -2.49. The zero-order chi connectivity index (χ0) is 57.8. The van der Waals surface area contributed by atoms with Crippen LogP contribution in [-0.2, 0) is 32.5 Å². The molecule has 4 aliphatic carbocycles. The van der Waals surface area contributed by atoms with Gasteiger partial charge < -0.3 is 14.2 Å². The number of rotatable bonds is 4. The first kappa shape index (κ1) is 52.0. The van der Waals surface area contributed by atoms with Gasteiger partial charge in [-0.2, -0.15) is 0 Å². The van der Waals surface area contributed by atoms with Gasteiger partial charge in [0.1, 0.15) is 5.58 Å². The largest absolute Gasteiger partial charge is 0.454 e. The average Bonchev–Trinajstić information content (AvgIpc) is 0.950. The van der Waals surface area contributed by atoms with Crippen molar-refractivity contribution in [3.63, 3.8) is 0 Å². The zero-order valence-corrected chi connectivity index (χ0v) is 51.6. The van der Waals surface area contributed by atoms with Crippen LogP contribution in [-0.4, -0.2) is 6.71 Å². The van der Waals surface area contributed by atoms with Crippen LogP contribution in [0.25, 0.3) is 33.1 Å². The van der Waals surface area contributed by atoms with E-state index in [1.807, 2.05) is 0 Å². The highest BCUT2D eigenvalue weighted by atomic mass is 16.3. The summed E-state index contributed by atoms with van der Waals surface area (Å²) in [7, 11) is 0. The molecule has 3 heterocycles. The summed E-state index contributed by atoms with van der Waals surface area (Å²) in [6.45, 7) is 29.4. The summed E-state index contributed by atoms with van der Waals surface area (Å²) in [5.74, 6) is 0.439. The summed E-state index contributed by atoms with van der Waals surface area (Å²) in [4.78, 5) is 5.45. The summed E-state index contributed by atoms with van der Waals surface area (Å²) in [5.41, 5.74) is 30.6. The van der Waals surface area contributed by atoms with Crippen molar-refractivity contribution in [1.29, 1.82) is 0 Å². The van der Waals surface area contributed by atoms with E-state index >= 15 is 0 Å². The molecule has 1 aromatic heterocycles. The van der Waals surface area contributed by atoms with E-state index in [0.717, 1.165) is 29.7 Å². The van der Waals surface area contributed by atoms with Gasteiger partial charge in [0.15, 0.2) is 5.58 Å². The lowest BCUT2D eigenvalue weighted by Crippen LogP contribution is -2.62. The number of hydrogen-bond donors (Lipinski definition) is 0. The number of furan rings is 1. The Morgan fingerprint density at radius 3 is 1.58 bits per heavy atom. The van der Waals surface area contributed by atoms with Crippen molar-refractivity contribution in [3.05, 3.63) is 231 Å². The van der Waals surface area contributed by atoms with Crippen molar-refractivity contribution in [2.75, 3.05) is 9.80 Å². The Balaban J connectivity index is 1.05. The molecule has 0 bridgehead atoms. The summed E-state index contributed by atoms with van der Waals surface area (Å²) < 4.78 is 7.71. The number of hydrogen-bond acceptors (Lipinski definition) is 3. The Kier molecular flexibility index (Phi) is 10.9. The molecule has 0 atom stereocenters. The molecule has 0 radical (unpaired) electrons. The molecule has 0 N–H and O–H groups in total. The van der Waals surface area contributed by atoms with Crippen molar-refractivity contribution < 1.29 is 4.42 Å². The molecule has 2 aliphatic heterocycles. The van der Waals surface area contributed by atoms with Crippen molar-refractivity contribution in [1.82, 2.24) is 0 Å². The van der Waals surface area contributed by atoms with E-state index in [-0.39, 0.29) is 39.2 Å². The number of anilines is 6. The molecule has 84 heavy (non-hydrogen) atoms. The van der Waals surface area contributed by atoms with Gasteiger partial charge in [0.05, 0.1) is 11.4 Å². The number of benzene rings is 9. The van der Waals surface area contributed by atoms with Crippen LogP contribution in [0, 0.1) is 0 Å². The summed E-state index contributed by atoms with van der Waals surface area (Å²) in [6, 6.07) is 67.1. The van der Waals surface area contributed by atoms with Crippen LogP contribution in [0.2, 0.25) is 0 Å². The van der Waals surface area contributed by atoms with Crippen molar-refractivity contribution >= 4 is 79.2 Å². The minimum atomic E-state index is -0.258. The predicted octanol–water partition coefficient (Wildman–Crippen LogP) is 19.7. The molecule has 1 saturated carbocycles. The third-order valence-electron chi connectivity index (χ3n) is 22.6. The number of fused-ring (bicyclic) bond motifs is 13. The predicted molar refractivity (Wildman–Crippen MR) is 356 cm³/mol. The Morgan fingerprint density at radius 2 is 0.940 bits per heavy atom. The van der Waals surface area contributed by atoms with E-state index < -0.39 is 0 Å². The van der Waals surface area contributed by atoms with Gasteiger partial charge in [0, 0.05) is 60.7 Å². The van der Waals surface area contributed by atoms with Gasteiger partial charge in [-0.3, -0.25) is 0 Å². The van der Waals surface area contributed by atoms with Gasteiger partial charge in [-0.1, -0.05) is 224 Å². The van der Waals surface area contributed by atoms with Crippen LogP contribution in [0.5, 0.6) is 0 Å². The van der Waals surface area contributed by atoms with Crippen molar-refractivity contribution in [2.24, 2.45) is 0 Å². The van der Waals surface area contributed by atoms with E-state index in [2.05, 4.69) is 263 Å². The third-order valence-corrected chi connectivity index (χ3v) is 22.6. The summed E-state index contributed by atoms with van der Waals surface area (Å²) in [5, 5.41) is 2.40. The second kappa shape index (κ2) is 17.5. The molecule has 16 rings (SSSR count). The highest BCUT2D eigenvalue weighted by Gasteiger charge is 2.50. The Morgan fingerprint density at radius 1 is 0.405 bits per heavy atom. The Hall–Kier alpha value is -7.56. The minimum Gasteiger partial charge on any atom is -0.454 e. The Bertz CT molecular complexity index is 4440. The second-order valence-corrected chi connectivity index (χ2v) is 29.7. The Labute approximate surface area is 499 Å². The van der Waals surface area contributed by atoms with Crippen LogP contribution >= 0.6 is 0 Å². The van der Waals surface area contributed by atoms with Gasteiger partial charge in [-0.05, 0) is 174 Å². The van der Waals surface area contributed by atoms with E-state index in [1.165, 1.54) is 160 Å². The highest BCUT2D eigenvalue weighted by molar-refractivity contribution is 7.00. The van der Waals surface area contributed by atoms with E-state index in [0.29, 0.717) is 5.92 Å². The van der Waals surface area contributed by atoms with E-state index in [1.54, 1.807) is 0 Å². The van der Waals surface area contributed by atoms with Crippen LogP contribution in [0.4, 0.5) is 34.1 Å². The molecule has 6 aliphatic rings. The maximum atomic E-state index is 7.71. The molecule has 4 heteroatoms. The number of para-hydroxylation sites is 1. The van der Waals surface area contributed by atoms with Crippen LogP contribution < -0.4 is 26.2 Å².